The molecule has 0 aliphatic heterocycles. The van der Waals surface area contributed by atoms with Crippen molar-refractivity contribution in [3.63, 3.8) is 0 Å². The van der Waals surface area contributed by atoms with Crippen LogP contribution in [-0.2, 0) is 0 Å². The van der Waals surface area contributed by atoms with Gasteiger partial charge in [-0.2, -0.15) is 0 Å². The van der Waals surface area contributed by atoms with E-state index in [9.17, 15) is 4.79 Å². The number of nitrogens with zero attached hydrogens (tertiary/aromatic N) is 2. The molecule has 3 N–H and O–H groups in total. The molecular weight excluding hydrogens is 266 g/mol. The number of aromatic amines is 1. The fourth-order valence-corrected chi connectivity index (χ4v) is 2.15. The van der Waals surface area contributed by atoms with E-state index in [1.807, 2.05) is 26.8 Å². The van der Waals surface area contributed by atoms with Crippen molar-refractivity contribution in [2.45, 2.75) is 33.2 Å². The summed E-state index contributed by atoms with van der Waals surface area (Å²) in [6.45, 7) is 6.65. The number of hydrogen-bond donors (Lipinski definition) is 3. The van der Waals surface area contributed by atoms with Crippen molar-refractivity contribution < 1.29 is 4.79 Å². The topological polar surface area (TPSA) is 82.7 Å². The molecule has 2 aromatic heterocycles. The maximum atomic E-state index is 12.5. The first kappa shape index (κ1) is 15.0. The molecule has 1 unspecified atom stereocenters. The predicted molar refractivity (Wildman–Crippen MR) is 82.2 cm³/mol. The van der Waals surface area contributed by atoms with Gasteiger partial charge in [0, 0.05) is 30.8 Å². The Hall–Kier alpha value is -2.37. The Morgan fingerprint density at radius 1 is 1.38 bits per heavy atom. The third-order valence-corrected chi connectivity index (χ3v) is 3.22. The summed E-state index contributed by atoms with van der Waals surface area (Å²) in [7, 11) is 0. The summed E-state index contributed by atoms with van der Waals surface area (Å²) < 4.78 is 0. The molecule has 112 valence electrons. The van der Waals surface area contributed by atoms with Crippen LogP contribution in [0.5, 0.6) is 0 Å². The summed E-state index contributed by atoms with van der Waals surface area (Å²) in [5.41, 5.74) is 2.23. The van der Waals surface area contributed by atoms with Gasteiger partial charge in [0.15, 0.2) is 0 Å². The number of carbonyl (C=O) groups excluding carboxylic acids is 1. The first-order valence-corrected chi connectivity index (χ1v) is 7.16. The Kier molecular flexibility index (Phi) is 4.92. The fourth-order valence-electron chi connectivity index (χ4n) is 2.15. The highest BCUT2D eigenvalue weighted by atomic mass is 16.1. The van der Waals surface area contributed by atoms with Gasteiger partial charge in [0.1, 0.15) is 5.82 Å². The fraction of sp³-hybridized carbons (Fsp3) is 0.400. The third kappa shape index (κ3) is 3.59. The molecule has 0 fully saturated rings. The number of aryl methyl sites for hydroxylation is 1. The minimum atomic E-state index is -0.151. The van der Waals surface area contributed by atoms with Crippen molar-refractivity contribution in [1.29, 1.82) is 0 Å². The van der Waals surface area contributed by atoms with Gasteiger partial charge < -0.3 is 15.6 Å². The molecule has 0 aliphatic carbocycles. The first-order chi connectivity index (χ1) is 10.2. The van der Waals surface area contributed by atoms with Crippen LogP contribution in [0.25, 0.3) is 0 Å². The van der Waals surface area contributed by atoms with E-state index in [0.717, 1.165) is 30.2 Å². The lowest BCUT2D eigenvalue weighted by Gasteiger charge is -2.16. The standard InChI is InChI=1S/C15H21N5O/c1-4-12(14-17-6-7-18-14)20-15(21)11-9-19-10(3)8-13(11)16-5-2/h6-9,12H,4-5H2,1-3H3,(H,16,19)(H,17,18)(H,20,21). The van der Waals surface area contributed by atoms with Crippen LogP contribution < -0.4 is 10.6 Å². The first-order valence-electron chi connectivity index (χ1n) is 7.16. The lowest BCUT2D eigenvalue weighted by Crippen LogP contribution is -2.29. The van der Waals surface area contributed by atoms with Gasteiger partial charge in [0.05, 0.1) is 17.3 Å². The number of imidazole rings is 1. The zero-order valence-electron chi connectivity index (χ0n) is 12.6. The molecule has 0 aromatic carbocycles. The Bertz CT molecular complexity index is 594. The highest BCUT2D eigenvalue weighted by molar-refractivity contribution is 5.99. The highest BCUT2D eigenvalue weighted by Gasteiger charge is 2.18. The summed E-state index contributed by atoms with van der Waals surface area (Å²) in [5, 5.41) is 6.19. The number of H-pyrrole nitrogens is 1. The zero-order valence-corrected chi connectivity index (χ0v) is 12.6. The van der Waals surface area contributed by atoms with Crippen LogP contribution in [0.3, 0.4) is 0 Å². The molecule has 0 saturated carbocycles. The number of amides is 1. The molecule has 2 heterocycles. The second kappa shape index (κ2) is 6.88. The van der Waals surface area contributed by atoms with Gasteiger partial charge >= 0.3 is 0 Å². The van der Waals surface area contributed by atoms with Crippen LogP contribution in [0.4, 0.5) is 5.69 Å². The van der Waals surface area contributed by atoms with Crippen molar-refractivity contribution in [3.8, 4) is 0 Å². The summed E-state index contributed by atoms with van der Waals surface area (Å²) in [4.78, 5) is 23.9. The van der Waals surface area contributed by atoms with E-state index < -0.39 is 0 Å². The van der Waals surface area contributed by atoms with E-state index in [0.29, 0.717) is 5.56 Å². The van der Waals surface area contributed by atoms with E-state index in [1.165, 1.54) is 0 Å². The van der Waals surface area contributed by atoms with Crippen molar-refractivity contribution in [2.24, 2.45) is 0 Å². The van der Waals surface area contributed by atoms with Crippen LogP contribution >= 0.6 is 0 Å². The monoisotopic (exact) mass is 287 g/mol. The normalized spacial score (nSPS) is 12.0. The Morgan fingerprint density at radius 3 is 2.81 bits per heavy atom. The number of aromatic nitrogens is 3. The van der Waals surface area contributed by atoms with Gasteiger partial charge in [0.25, 0.3) is 5.91 Å². The van der Waals surface area contributed by atoms with Gasteiger partial charge in [-0.05, 0) is 26.3 Å². The number of carbonyl (C=O) groups is 1. The third-order valence-electron chi connectivity index (χ3n) is 3.22. The van der Waals surface area contributed by atoms with Crippen LogP contribution in [0.2, 0.25) is 0 Å². The van der Waals surface area contributed by atoms with Crippen molar-refractivity contribution in [3.05, 3.63) is 41.7 Å². The van der Waals surface area contributed by atoms with E-state index in [4.69, 9.17) is 0 Å². The van der Waals surface area contributed by atoms with Crippen molar-refractivity contribution in [2.75, 3.05) is 11.9 Å². The van der Waals surface area contributed by atoms with Crippen LogP contribution in [0, 0.1) is 6.92 Å². The summed E-state index contributed by atoms with van der Waals surface area (Å²) >= 11 is 0. The molecule has 0 spiro atoms. The van der Waals surface area contributed by atoms with Crippen LogP contribution in [0.15, 0.2) is 24.7 Å². The number of nitrogens with one attached hydrogen (secondary N) is 3. The van der Waals surface area contributed by atoms with Gasteiger partial charge in [-0.15, -0.1) is 0 Å². The molecule has 2 rings (SSSR count). The van der Waals surface area contributed by atoms with Crippen LogP contribution in [0.1, 0.15) is 48.2 Å². The Balaban J connectivity index is 2.19. The molecule has 6 heteroatoms. The molecule has 1 amide bonds. The number of rotatable bonds is 6. The summed E-state index contributed by atoms with van der Waals surface area (Å²) in [5.74, 6) is 0.609. The highest BCUT2D eigenvalue weighted by Crippen LogP contribution is 2.18. The number of anilines is 1. The Labute approximate surface area is 124 Å². The van der Waals surface area contributed by atoms with Gasteiger partial charge in [-0.3, -0.25) is 9.78 Å². The molecule has 0 radical (unpaired) electrons. The SMILES string of the molecule is CCNc1cc(C)ncc1C(=O)NC(CC)c1ncc[nH]1. The lowest BCUT2D eigenvalue weighted by molar-refractivity contribution is 0.0934. The van der Waals surface area contributed by atoms with E-state index >= 15 is 0 Å². The Morgan fingerprint density at radius 2 is 2.19 bits per heavy atom. The van der Waals surface area contributed by atoms with E-state index in [2.05, 4.69) is 25.6 Å². The van der Waals surface area contributed by atoms with Gasteiger partial charge in [0.2, 0.25) is 0 Å². The predicted octanol–water partition coefficient (Wildman–Crippen LogP) is 2.43. The van der Waals surface area contributed by atoms with E-state index in [-0.39, 0.29) is 11.9 Å². The second-order valence-corrected chi connectivity index (χ2v) is 4.81. The molecule has 1 atom stereocenters. The maximum absolute atomic E-state index is 12.5. The smallest absolute Gasteiger partial charge is 0.255 e. The number of pyridine rings is 1. The average molecular weight is 287 g/mol. The van der Waals surface area contributed by atoms with Crippen molar-refractivity contribution in [1.82, 2.24) is 20.3 Å². The molecule has 2 aromatic rings. The minimum Gasteiger partial charge on any atom is -0.385 e. The average Bonchev–Trinajstić information content (AvgIpc) is 2.99. The summed E-state index contributed by atoms with van der Waals surface area (Å²) in [6, 6.07) is 1.75. The quantitative estimate of drug-likeness (QED) is 0.762. The zero-order chi connectivity index (χ0) is 15.2. The minimum absolute atomic E-state index is 0.136. The van der Waals surface area contributed by atoms with Crippen molar-refractivity contribution >= 4 is 11.6 Å². The lowest BCUT2D eigenvalue weighted by atomic mass is 10.1. The summed E-state index contributed by atoms with van der Waals surface area (Å²) in [6.07, 6.45) is 5.80. The number of hydrogen-bond acceptors (Lipinski definition) is 4. The van der Waals surface area contributed by atoms with Gasteiger partial charge in [-0.1, -0.05) is 6.92 Å². The molecular formula is C15H21N5O. The molecule has 0 aliphatic rings. The molecule has 6 nitrogen and oxygen atoms in total. The molecule has 0 saturated heterocycles. The molecule has 21 heavy (non-hydrogen) atoms. The molecule has 0 bridgehead atoms. The second-order valence-electron chi connectivity index (χ2n) is 4.81. The largest absolute Gasteiger partial charge is 0.385 e. The van der Waals surface area contributed by atoms with Gasteiger partial charge in [-0.25, -0.2) is 4.98 Å². The van der Waals surface area contributed by atoms with Crippen LogP contribution in [-0.4, -0.2) is 27.4 Å². The maximum Gasteiger partial charge on any atom is 0.255 e. The van der Waals surface area contributed by atoms with E-state index in [1.54, 1.807) is 18.6 Å².